The van der Waals surface area contributed by atoms with Crippen molar-refractivity contribution in [3.8, 4) is 5.75 Å². The van der Waals surface area contributed by atoms with E-state index in [1.54, 1.807) is 44.2 Å². The van der Waals surface area contributed by atoms with Crippen molar-refractivity contribution in [3.63, 3.8) is 0 Å². The third-order valence-corrected chi connectivity index (χ3v) is 10.2. The van der Waals surface area contributed by atoms with Crippen LogP contribution in [0.25, 0.3) is 0 Å². The Hall–Kier alpha value is -5.64. The maximum absolute atomic E-state index is 14.2. The van der Waals surface area contributed by atoms with Gasteiger partial charge in [-0.25, -0.2) is 4.90 Å². The highest BCUT2D eigenvalue weighted by atomic mass is 16.6. The minimum absolute atomic E-state index is 0.0294. The van der Waals surface area contributed by atoms with Gasteiger partial charge in [-0.15, -0.1) is 0 Å². The van der Waals surface area contributed by atoms with Crippen molar-refractivity contribution in [1.82, 2.24) is 0 Å². The first-order chi connectivity index (χ1) is 22.6. The summed E-state index contributed by atoms with van der Waals surface area (Å²) in [7, 11) is 0. The van der Waals surface area contributed by atoms with Crippen LogP contribution in [0, 0.1) is 41.7 Å². The lowest BCUT2D eigenvalue weighted by atomic mass is 9.55. The minimum Gasteiger partial charge on any atom is -0.426 e. The Bertz CT molecular complexity index is 1960. The van der Waals surface area contributed by atoms with Gasteiger partial charge in [0, 0.05) is 36.4 Å². The average molecular weight is 628 g/mol. The predicted molar refractivity (Wildman–Crippen MR) is 171 cm³/mol. The van der Waals surface area contributed by atoms with Crippen LogP contribution in [0.15, 0.2) is 84.9 Å². The first kappa shape index (κ1) is 28.8. The van der Waals surface area contributed by atoms with E-state index in [9.17, 15) is 29.3 Å². The summed E-state index contributed by atoms with van der Waals surface area (Å²) in [6.07, 6.45) is -0.0930. The van der Waals surface area contributed by atoms with Gasteiger partial charge in [-0.3, -0.25) is 29.3 Å². The highest BCUT2D eigenvalue weighted by molar-refractivity contribution is 6.23. The number of hydrogen-bond acceptors (Lipinski definition) is 7. The lowest BCUT2D eigenvalue weighted by molar-refractivity contribution is -0.385. The normalized spacial score (nSPS) is 23.9. The molecule has 47 heavy (non-hydrogen) atoms. The Balaban J connectivity index is 1.03. The lowest BCUT2D eigenvalue weighted by Gasteiger charge is -2.45. The zero-order valence-corrected chi connectivity index (χ0v) is 25.6. The van der Waals surface area contributed by atoms with Crippen LogP contribution < -0.4 is 14.5 Å². The van der Waals surface area contributed by atoms with E-state index in [-0.39, 0.29) is 54.0 Å². The van der Waals surface area contributed by atoms with Gasteiger partial charge >= 0.3 is 5.97 Å². The molecule has 0 spiro atoms. The number of nitro benzene ring substituents is 1. The van der Waals surface area contributed by atoms with E-state index in [1.165, 1.54) is 15.9 Å². The minimum atomic E-state index is -0.772. The molecule has 234 valence electrons. The molecule has 10 nitrogen and oxygen atoms in total. The Morgan fingerprint density at radius 2 is 1.36 bits per heavy atom. The molecule has 0 unspecified atom stereocenters. The molecule has 3 atom stereocenters. The van der Waals surface area contributed by atoms with Crippen molar-refractivity contribution in [1.29, 1.82) is 0 Å². The van der Waals surface area contributed by atoms with Crippen molar-refractivity contribution in [2.45, 2.75) is 32.1 Å². The van der Waals surface area contributed by atoms with Crippen molar-refractivity contribution >= 4 is 40.8 Å². The number of carbonyl (C=O) groups is 4. The second-order valence-electron chi connectivity index (χ2n) is 12.8. The van der Waals surface area contributed by atoms with E-state index in [1.807, 2.05) is 24.3 Å². The summed E-state index contributed by atoms with van der Waals surface area (Å²) in [5.74, 6) is -3.38. The molecule has 3 aliphatic carbocycles. The number of hydrogen-bond donors (Lipinski definition) is 0. The fourth-order valence-corrected chi connectivity index (χ4v) is 8.13. The van der Waals surface area contributed by atoms with Crippen LogP contribution in [0.1, 0.15) is 51.6 Å². The molecule has 3 amide bonds. The predicted octanol–water partition coefficient (Wildman–Crippen LogP) is 5.57. The molecule has 0 saturated carbocycles. The number of amides is 3. The molecule has 2 saturated heterocycles. The van der Waals surface area contributed by atoms with Gasteiger partial charge in [0.05, 0.1) is 34.1 Å². The summed E-state index contributed by atoms with van der Waals surface area (Å²) in [5.41, 5.74) is 6.16. The van der Waals surface area contributed by atoms with Crippen LogP contribution in [0.2, 0.25) is 0 Å². The molecule has 4 aromatic carbocycles. The Labute approximate surface area is 269 Å². The van der Waals surface area contributed by atoms with E-state index in [0.717, 1.165) is 22.3 Å². The molecule has 10 heteroatoms. The summed E-state index contributed by atoms with van der Waals surface area (Å²) >= 11 is 0. The quantitative estimate of drug-likeness (QED) is 0.0931. The van der Waals surface area contributed by atoms with Gasteiger partial charge in [0.1, 0.15) is 5.75 Å². The number of aryl methyl sites for hydroxylation is 2. The van der Waals surface area contributed by atoms with E-state index >= 15 is 0 Å². The highest BCUT2D eigenvalue weighted by Crippen LogP contribution is 2.61. The zero-order valence-electron chi connectivity index (χ0n) is 25.6. The summed E-state index contributed by atoms with van der Waals surface area (Å²) in [5, 5.41) is 11.4. The number of carbonyl (C=O) groups excluding carboxylic acids is 4. The number of esters is 1. The Morgan fingerprint density at radius 3 is 1.89 bits per heavy atom. The van der Waals surface area contributed by atoms with Gasteiger partial charge < -0.3 is 9.64 Å². The standard InChI is InChI=1S/C37H29N3O7/c1-19-11-12-22(17-29(19)40(45)46)38-18-21(16-30(38)41)37(44)47-23-13-14-28(20(2)15-23)39-35(42)33-31-24-7-3-4-8-25(24)32(34(33)36(39)43)27-10-6-5-9-26(27)31/h3-15,17,21,31-34H,16,18H2,1-2H3/t21-,31?,32?,33-,34+/m0/s1. The monoisotopic (exact) mass is 627 g/mol. The average Bonchev–Trinajstić information content (AvgIpc) is 3.58. The maximum atomic E-state index is 14.2. The van der Waals surface area contributed by atoms with E-state index in [4.69, 9.17) is 4.74 Å². The lowest BCUT2D eigenvalue weighted by Crippen LogP contribution is -2.41. The van der Waals surface area contributed by atoms with Gasteiger partial charge in [-0.05, 0) is 65.9 Å². The molecule has 4 aromatic rings. The molecule has 2 heterocycles. The molecule has 0 radical (unpaired) electrons. The highest BCUT2D eigenvalue weighted by Gasteiger charge is 2.61. The third-order valence-electron chi connectivity index (χ3n) is 10.2. The molecule has 2 bridgehead atoms. The number of rotatable bonds is 5. The van der Waals surface area contributed by atoms with Crippen LogP contribution >= 0.6 is 0 Å². The summed E-state index contributed by atoms with van der Waals surface area (Å²) in [4.78, 5) is 67.8. The molecule has 0 N–H and O–H groups in total. The first-order valence-corrected chi connectivity index (χ1v) is 15.6. The summed E-state index contributed by atoms with van der Waals surface area (Å²) < 4.78 is 5.67. The second-order valence-corrected chi connectivity index (χ2v) is 12.8. The smallest absolute Gasteiger partial charge is 0.316 e. The van der Waals surface area contributed by atoms with Crippen LogP contribution in [0.5, 0.6) is 5.75 Å². The molecule has 9 rings (SSSR count). The molecular weight excluding hydrogens is 598 g/mol. The fraction of sp³-hybridized carbons (Fsp3) is 0.243. The van der Waals surface area contributed by atoms with Gasteiger partial charge in [0.2, 0.25) is 17.7 Å². The SMILES string of the molecule is Cc1cc(OC(=O)[C@H]2CC(=O)N(c3ccc(C)c([N+](=O)[O-])c3)C2)ccc1N1C(=O)[C@@H]2C3c4ccccc4C(c4ccccc43)[C@@H]2C1=O. The first-order valence-electron chi connectivity index (χ1n) is 15.6. The van der Waals surface area contributed by atoms with Crippen LogP contribution in [-0.4, -0.2) is 35.2 Å². The van der Waals surface area contributed by atoms with Crippen molar-refractivity contribution < 1.29 is 28.8 Å². The number of imide groups is 1. The van der Waals surface area contributed by atoms with Crippen LogP contribution in [0.4, 0.5) is 17.1 Å². The van der Waals surface area contributed by atoms with Crippen molar-refractivity contribution in [2.75, 3.05) is 16.3 Å². The number of nitro groups is 1. The molecule has 2 aliphatic heterocycles. The fourth-order valence-electron chi connectivity index (χ4n) is 8.13. The summed E-state index contributed by atoms with van der Waals surface area (Å²) in [6.45, 7) is 3.41. The van der Waals surface area contributed by atoms with Gasteiger partial charge in [0.15, 0.2) is 0 Å². The molecule has 5 aliphatic rings. The van der Waals surface area contributed by atoms with Gasteiger partial charge in [-0.2, -0.15) is 0 Å². The Kier molecular flexibility index (Phi) is 6.40. The number of anilines is 2. The molecule has 2 fully saturated rings. The van der Waals surface area contributed by atoms with Crippen molar-refractivity contribution in [3.05, 3.63) is 128 Å². The Morgan fingerprint density at radius 1 is 0.787 bits per heavy atom. The van der Waals surface area contributed by atoms with Crippen LogP contribution in [0.3, 0.4) is 0 Å². The number of benzene rings is 4. The van der Waals surface area contributed by atoms with E-state index in [2.05, 4.69) is 24.3 Å². The molecule has 0 aromatic heterocycles. The third kappa shape index (κ3) is 4.24. The van der Waals surface area contributed by atoms with Gasteiger partial charge in [-0.1, -0.05) is 54.6 Å². The maximum Gasteiger partial charge on any atom is 0.316 e. The number of ether oxygens (including phenoxy) is 1. The van der Waals surface area contributed by atoms with Crippen molar-refractivity contribution in [2.24, 2.45) is 17.8 Å². The zero-order chi connectivity index (χ0) is 32.7. The van der Waals surface area contributed by atoms with E-state index in [0.29, 0.717) is 22.5 Å². The topological polar surface area (TPSA) is 127 Å². The van der Waals surface area contributed by atoms with Crippen LogP contribution in [-0.2, 0) is 19.2 Å². The summed E-state index contributed by atoms with van der Waals surface area (Å²) in [6, 6.07) is 25.5. The second kappa shape index (κ2) is 10.4. The van der Waals surface area contributed by atoms with E-state index < -0.39 is 28.6 Å². The largest absolute Gasteiger partial charge is 0.426 e. The molecular formula is C37H29N3O7. The number of nitrogens with zero attached hydrogens (tertiary/aromatic N) is 3. The van der Waals surface area contributed by atoms with Gasteiger partial charge in [0.25, 0.3) is 5.69 Å².